The van der Waals surface area contributed by atoms with Gasteiger partial charge in [-0.05, 0) is 56.0 Å². The highest BCUT2D eigenvalue weighted by Gasteiger charge is 2.31. The number of nitrogens with zero attached hydrogens (tertiary/aromatic N) is 1. The van der Waals surface area contributed by atoms with Crippen LogP contribution in [-0.2, 0) is 0 Å². The Kier molecular flexibility index (Phi) is 3.53. The van der Waals surface area contributed by atoms with Crippen LogP contribution in [0.1, 0.15) is 56.1 Å². The first kappa shape index (κ1) is 13.0. The molecule has 0 saturated carbocycles. The molecule has 0 amide bonds. The molecule has 0 radical (unpaired) electrons. The molecule has 2 heterocycles. The summed E-state index contributed by atoms with van der Waals surface area (Å²) in [5.74, 6) is 1.33. The molecule has 1 saturated heterocycles. The van der Waals surface area contributed by atoms with E-state index in [4.69, 9.17) is 0 Å². The minimum absolute atomic E-state index is 0.624. The van der Waals surface area contributed by atoms with Gasteiger partial charge in [0.25, 0.3) is 0 Å². The summed E-state index contributed by atoms with van der Waals surface area (Å²) in [6.45, 7) is 7.03. The van der Waals surface area contributed by atoms with Crippen LogP contribution >= 0.6 is 0 Å². The zero-order valence-electron chi connectivity index (χ0n) is 12.4. The van der Waals surface area contributed by atoms with Crippen molar-refractivity contribution in [1.29, 1.82) is 0 Å². The molecule has 0 spiro atoms. The molecule has 1 aromatic carbocycles. The van der Waals surface area contributed by atoms with Gasteiger partial charge in [-0.3, -0.25) is 0 Å². The fourth-order valence-electron chi connectivity index (χ4n) is 3.84. The number of benzene rings is 1. The van der Waals surface area contributed by atoms with Crippen LogP contribution in [0.4, 0.5) is 5.69 Å². The van der Waals surface area contributed by atoms with Crippen LogP contribution in [-0.4, -0.2) is 31.1 Å². The molecule has 2 nitrogen and oxygen atoms in total. The van der Waals surface area contributed by atoms with Crippen molar-refractivity contribution in [1.82, 2.24) is 4.90 Å². The Morgan fingerprint density at radius 1 is 1.37 bits per heavy atom. The molecule has 1 aromatic rings. The number of hydrogen-bond acceptors (Lipinski definition) is 2. The molecule has 2 atom stereocenters. The van der Waals surface area contributed by atoms with Gasteiger partial charge in [0.2, 0.25) is 0 Å². The van der Waals surface area contributed by atoms with Gasteiger partial charge >= 0.3 is 0 Å². The van der Waals surface area contributed by atoms with E-state index in [-0.39, 0.29) is 0 Å². The summed E-state index contributed by atoms with van der Waals surface area (Å²) in [4.78, 5) is 2.55. The van der Waals surface area contributed by atoms with Crippen LogP contribution in [0.5, 0.6) is 0 Å². The van der Waals surface area contributed by atoms with Crippen molar-refractivity contribution in [2.75, 3.05) is 25.5 Å². The van der Waals surface area contributed by atoms with E-state index in [1.54, 1.807) is 11.1 Å². The van der Waals surface area contributed by atoms with Crippen LogP contribution in [0.15, 0.2) is 18.2 Å². The van der Waals surface area contributed by atoms with Gasteiger partial charge in [-0.15, -0.1) is 0 Å². The van der Waals surface area contributed by atoms with Crippen LogP contribution in [0.3, 0.4) is 0 Å². The van der Waals surface area contributed by atoms with Crippen LogP contribution in [0, 0.1) is 0 Å². The lowest BCUT2D eigenvalue weighted by molar-refractivity contribution is 0.285. The Balaban J connectivity index is 1.84. The zero-order valence-corrected chi connectivity index (χ0v) is 12.4. The van der Waals surface area contributed by atoms with E-state index >= 15 is 0 Å². The largest absolute Gasteiger partial charge is 0.384 e. The normalized spacial score (nSPS) is 26.7. The summed E-state index contributed by atoms with van der Waals surface area (Å²) in [6.07, 6.45) is 4.08. The Bertz CT molecular complexity index is 453. The lowest BCUT2D eigenvalue weighted by Gasteiger charge is -2.24. The maximum Gasteiger partial charge on any atom is 0.0379 e. The van der Waals surface area contributed by atoms with Gasteiger partial charge in [-0.25, -0.2) is 0 Å². The molecule has 0 aliphatic carbocycles. The highest BCUT2D eigenvalue weighted by Crippen LogP contribution is 2.41. The lowest BCUT2D eigenvalue weighted by atomic mass is 9.86. The van der Waals surface area contributed by atoms with Crippen LogP contribution in [0.25, 0.3) is 0 Å². The van der Waals surface area contributed by atoms with Gasteiger partial charge in [-0.2, -0.15) is 0 Å². The summed E-state index contributed by atoms with van der Waals surface area (Å²) in [6, 6.07) is 7.56. The molecule has 3 rings (SSSR count). The van der Waals surface area contributed by atoms with Gasteiger partial charge in [-0.1, -0.05) is 26.0 Å². The average Bonchev–Trinajstić information content (AvgIpc) is 2.97. The average molecular weight is 258 g/mol. The van der Waals surface area contributed by atoms with Crippen molar-refractivity contribution in [3.8, 4) is 0 Å². The molecule has 1 fully saturated rings. The van der Waals surface area contributed by atoms with E-state index in [9.17, 15) is 0 Å². The summed E-state index contributed by atoms with van der Waals surface area (Å²) in [7, 11) is 2.29. The summed E-state index contributed by atoms with van der Waals surface area (Å²) in [5, 5.41) is 3.62. The van der Waals surface area contributed by atoms with Gasteiger partial charge in [0.1, 0.15) is 0 Å². The zero-order chi connectivity index (χ0) is 13.4. The van der Waals surface area contributed by atoms with E-state index in [1.165, 1.54) is 31.5 Å². The molecule has 0 aromatic heterocycles. The molecular formula is C17H26N2. The van der Waals surface area contributed by atoms with Crippen molar-refractivity contribution in [2.24, 2.45) is 0 Å². The molecule has 104 valence electrons. The van der Waals surface area contributed by atoms with Crippen molar-refractivity contribution in [3.63, 3.8) is 0 Å². The highest BCUT2D eigenvalue weighted by atomic mass is 15.1. The summed E-state index contributed by atoms with van der Waals surface area (Å²) < 4.78 is 0. The number of hydrogen-bond donors (Lipinski definition) is 1. The third-order valence-corrected chi connectivity index (χ3v) is 4.94. The summed E-state index contributed by atoms with van der Waals surface area (Å²) >= 11 is 0. The maximum absolute atomic E-state index is 3.62. The smallest absolute Gasteiger partial charge is 0.0379 e. The Hall–Kier alpha value is -1.02. The minimum Gasteiger partial charge on any atom is -0.384 e. The number of fused-ring (bicyclic) bond motifs is 1. The van der Waals surface area contributed by atoms with Crippen molar-refractivity contribution >= 4 is 5.69 Å². The second kappa shape index (κ2) is 5.16. The van der Waals surface area contributed by atoms with E-state index in [0.717, 1.165) is 12.6 Å². The molecular weight excluding hydrogens is 232 g/mol. The Morgan fingerprint density at radius 2 is 2.21 bits per heavy atom. The lowest BCUT2D eigenvalue weighted by Crippen LogP contribution is -2.27. The maximum atomic E-state index is 3.62. The minimum atomic E-state index is 0.624. The molecule has 0 unspecified atom stereocenters. The summed E-state index contributed by atoms with van der Waals surface area (Å²) in [5.41, 5.74) is 4.54. The molecule has 1 N–H and O–H groups in total. The van der Waals surface area contributed by atoms with Gasteiger partial charge in [0.15, 0.2) is 0 Å². The Morgan fingerprint density at radius 3 is 2.89 bits per heavy atom. The standard InChI is InChI=1S/C17H26N2/c1-12(2)15-7-4-8-16-17(15)13(11-18-16)10-14-6-5-9-19(14)3/h4,7-8,12-14,18H,5-6,9-11H2,1-3H3/t13-,14-/m1/s1. The van der Waals surface area contributed by atoms with E-state index in [1.807, 2.05) is 0 Å². The van der Waals surface area contributed by atoms with Gasteiger partial charge in [0, 0.05) is 24.2 Å². The van der Waals surface area contributed by atoms with Crippen molar-refractivity contribution < 1.29 is 0 Å². The molecule has 2 aliphatic rings. The first-order valence-corrected chi connectivity index (χ1v) is 7.73. The third kappa shape index (κ3) is 2.38. The van der Waals surface area contributed by atoms with Gasteiger partial charge < -0.3 is 10.2 Å². The van der Waals surface area contributed by atoms with E-state index < -0.39 is 0 Å². The fourth-order valence-corrected chi connectivity index (χ4v) is 3.84. The molecule has 19 heavy (non-hydrogen) atoms. The SMILES string of the molecule is CC(C)c1cccc2c1[C@H](C[C@H]1CCCN1C)CN2. The van der Waals surface area contributed by atoms with Crippen molar-refractivity contribution in [2.45, 2.75) is 51.0 Å². The number of anilines is 1. The van der Waals surface area contributed by atoms with E-state index in [2.05, 4.69) is 49.3 Å². The number of nitrogens with one attached hydrogen (secondary N) is 1. The predicted molar refractivity (Wildman–Crippen MR) is 82.0 cm³/mol. The molecule has 0 bridgehead atoms. The second-order valence-electron chi connectivity index (χ2n) is 6.55. The van der Waals surface area contributed by atoms with Gasteiger partial charge in [0.05, 0.1) is 0 Å². The third-order valence-electron chi connectivity index (χ3n) is 4.94. The van der Waals surface area contributed by atoms with Crippen molar-refractivity contribution in [3.05, 3.63) is 29.3 Å². The van der Waals surface area contributed by atoms with Crippen LogP contribution in [0.2, 0.25) is 0 Å². The van der Waals surface area contributed by atoms with Crippen LogP contribution < -0.4 is 5.32 Å². The number of rotatable bonds is 3. The first-order valence-electron chi connectivity index (χ1n) is 7.73. The quantitative estimate of drug-likeness (QED) is 0.887. The fraction of sp³-hybridized carbons (Fsp3) is 0.647. The predicted octanol–water partition coefficient (Wildman–Crippen LogP) is 3.80. The number of likely N-dealkylation sites (tertiary alicyclic amines) is 1. The highest BCUT2D eigenvalue weighted by molar-refractivity contribution is 5.61. The molecule has 2 heteroatoms. The Labute approximate surface area is 117 Å². The first-order chi connectivity index (χ1) is 9.16. The second-order valence-corrected chi connectivity index (χ2v) is 6.55. The monoisotopic (exact) mass is 258 g/mol. The molecule has 2 aliphatic heterocycles. The topological polar surface area (TPSA) is 15.3 Å². The van der Waals surface area contributed by atoms with E-state index in [0.29, 0.717) is 11.8 Å².